The maximum Gasteiger partial charge on any atom is 0.191 e. The molecule has 2 aromatic rings. The zero-order valence-corrected chi connectivity index (χ0v) is 15.5. The number of hydrogen-bond acceptors (Lipinski definition) is 4. The molecule has 2 rings (SSSR count). The third kappa shape index (κ3) is 6.62. The van der Waals surface area contributed by atoms with Gasteiger partial charge in [0, 0.05) is 24.5 Å². The van der Waals surface area contributed by atoms with Crippen LogP contribution in [0.25, 0.3) is 0 Å². The van der Waals surface area contributed by atoms with Gasteiger partial charge in [-0.25, -0.2) is 0 Å². The first-order valence-electron chi connectivity index (χ1n) is 8.50. The third-order valence-electron chi connectivity index (χ3n) is 3.43. The number of aryl methyl sites for hydroxylation is 1. The quantitative estimate of drug-likeness (QED) is 0.405. The van der Waals surface area contributed by atoms with Gasteiger partial charge in [-0.05, 0) is 25.1 Å². The van der Waals surface area contributed by atoms with Crippen molar-refractivity contribution in [1.29, 1.82) is 0 Å². The van der Waals surface area contributed by atoms with Crippen LogP contribution in [-0.4, -0.2) is 47.0 Å². The fourth-order valence-corrected chi connectivity index (χ4v) is 2.43. The van der Waals surface area contributed by atoms with Crippen LogP contribution in [0, 0.1) is 0 Å². The maximum absolute atomic E-state index is 5.93. The number of hydrogen-bond donors (Lipinski definition) is 2. The number of halogens is 1. The normalized spacial score (nSPS) is 11.4. The van der Waals surface area contributed by atoms with Gasteiger partial charge in [0.05, 0.1) is 13.1 Å². The summed E-state index contributed by atoms with van der Waals surface area (Å²) in [5.74, 6) is 2.50. The number of nitrogens with one attached hydrogen (secondary N) is 2. The lowest BCUT2D eigenvalue weighted by Crippen LogP contribution is -2.39. The van der Waals surface area contributed by atoms with E-state index in [1.54, 1.807) is 12.4 Å². The molecule has 7 nitrogen and oxygen atoms in total. The number of aliphatic imine (C=N–C) groups is 1. The van der Waals surface area contributed by atoms with E-state index in [1.807, 2.05) is 29.7 Å². The van der Waals surface area contributed by atoms with Crippen LogP contribution in [0.15, 0.2) is 35.6 Å². The number of ether oxygens (including phenoxy) is 1. The second kappa shape index (κ2) is 10.6. The summed E-state index contributed by atoms with van der Waals surface area (Å²) < 4.78 is 7.68. The van der Waals surface area contributed by atoms with E-state index in [0.717, 1.165) is 37.0 Å². The summed E-state index contributed by atoms with van der Waals surface area (Å²) in [5.41, 5.74) is 0. The van der Waals surface area contributed by atoms with Crippen molar-refractivity contribution >= 4 is 17.6 Å². The highest BCUT2D eigenvalue weighted by molar-refractivity contribution is 6.30. The Morgan fingerprint density at radius 1 is 1.32 bits per heavy atom. The van der Waals surface area contributed by atoms with E-state index in [9.17, 15) is 0 Å². The minimum Gasteiger partial charge on any atom is -0.492 e. The van der Waals surface area contributed by atoms with Crippen molar-refractivity contribution in [2.75, 3.05) is 26.2 Å². The molecule has 0 fully saturated rings. The summed E-state index contributed by atoms with van der Waals surface area (Å²) >= 11 is 5.93. The van der Waals surface area contributed by atoms with E-state index < -0.39 is 0 Å². The molecule has 1 aromatic carbocycles. The van der Waals surface area contributed by atoms with Crippen LogP contribution >= 0.6 is 11.6 Å². The Labute approximate surface area is 153 Å². The van der Waals surface area contributed by atoms with Crippen LogP contribution in [0.3, 0.4) is 0 Å². The molecule has 0 bridgehead atoms. The Bertz CT molecular complexity index is 673. The Hall–Kier alpha value is -2.28. The van der Waals surface area contributed by atoms with Crippen LogP contribution in [0.2, 0.25) is 5.02 Å². The van der Waals surface area contributed by atoms with Gasteiger partial charge in [0.2, 0.25) is 0 Å². The average molecular weight is 365 g/mol. The fraction of sp³-hybridized carbons (Fsp3) is 0.471. The second-order valence-corrected chi connectivity index (χ2v) is 5.72. The minimum atomic E-state index is 0.524. The molecule has 0 unspecified atom stereocenters. The molecule has 1 heterocycles. The summed E-state index contributed by atoms with van der Waals surface area (Å²) in [6.45, 7) is 7.47. The minimum absolute atomic E-state index is 0.524. The lowest BCUT2D eigenvalue weighted by Gasteiger charge is -2.12. The first-order chi connectivity index (χ1) is 12.2. The van der Waals surface area contributed by atoms with E-state index in [4.69, 9.17) is 16.3 Å². The van der Waals surface area contributed by atoms with Gasteiger partial charge in [-0.15, -0.1) is 10.2 Å². The number of aromatic nitrogens is 3. The van der Waals surface area contributed by atoms with Crippen LogP contribution in [0.1, 0.15) is 19.7 Å². The second-order valence-electron chi connectivity index (χ2n) is 5.29. The molecule has 25 heavy (non-hydrogen) atoms. The van der Waals surface area contributed by atoms with Gasteiger partial charge in [0.15, 0.2) is 5.96 Å². The number of nitrogens with zero attached hydrogens (tertiary/aromatic N) is 4. The highest BCUT2D eigenvalue weighted by Gasteiger charge is 2.02. The van der Waals surface area contributed by atoms with Gasteiger partial charge < -0.3 is 19.9 Å². The summed E-state index contributed by atoms with van der Waals surface area (Å²) in [5, 5.41) is 15.1. The maximum atomic E-state index is 5.93. The highest BCUT2D eigenvalue weighted by Crippen LogP contribution is 2.16. The molecule has 0 aliphatic carbocycles. The van der Waals surface area contributed by atoms with Crippen LogP contribution in [-0.2, 0) is 13.0 Å². The largest absolute Gasteiger partial charge is 0.492 e. The van der Waals surface area contributed by atoms with E-state index in [0.29, 0.717) is 24.7 Å². The molecule has 0 saturated heterocycles. The molecule has 0 spiro atoms. The number of guanidine groups is 1. The number of rotatable bonds is 9. The van der Waals surface area contributed by atoms with Crippen molar-refractivity contribution in [2.24, 2.45) is 4.99 Å². The molecule has 0 saturated carbocycles. The van der Waals surface area contributed by atoms with E-state index in [1.165, 1.54) is 0 Å². The van der Waals surface area contributed by atoms with Crippen LogP contribution in [0.4, 0.5) is 0 Å². The lowest BCUT2D eigenvalue weighted by atomic mass is 10.3. The zero-order valence-electron chi connectivity index (χ0n) is 14.7. The van der Waals surface area contributed by atoms with Gasteiger partial charge >= 0.3 is 0 Å². The van der Waals surface area contributed by atoms with Crippen molar-refractivity contribution in [3.63, 3.8) is 0 Å². The molecule has 8 heteroatoms. The third-order valence-corrected chi connectivity index (χ3v) is 3.66. The fourth-order valence-electron chi connectivity index (χ4n) is 2.25. The predicted molar refractivity (Wildman–Crippen MR) is 100 cm³/mol. The average Bonchev–Trinajstić information content (AvgIpc) is 3.06. The molecule has 0 aliphatic rings. The Morgan fingerprint density at radius 3 is 2.96 bits per heavy atom. The Morgan fingerprint density at radius 2 is 2.20 bits per heavy atom. The highest BCUT2D eigenvalue weighted by atomic mass is 35.5. The topological polar surface area (TPSA) is 76.4 Å². The summed E-state index contributed by atoms with van der Waals surface area (Å²) in [4.78, 5) is 4.56. The van der Waals surface area contributed by atoms with E-state index >= 15 is 0 Å². The predicted octanol–water partition coefficient (Wildman–Crippen LogP) is 2.13. The van der Waals surface area contributed by atoms with Gasteiger partial charge in [-0.2, -0.15) is 0 Å². The molecule has 1 aromatic heterocycles. The lowest BCUT2D eigenvalue weighted by molar-refractivity contribution is 0.322. The molecule has 136 valence electrons. The van der Waals surface area contributed by atoms with Crippen molar-refractivity contribution in [1.82, 2.24) is 25.4 Å². The van der Waals surface area contributed by atoms with Crippen LogP contribution < -0.4 is 15.4 Å². The first kappa shape index (κ1) is 19.1. The molecule has 2 N–H and O–H groups in total. The molecule has 0 aliphatic heterocycles. The zero-order chi connectivity index (χ0) is 17.9. The molecule has 0 amide bonds. The Kier molecular flexibility index (Phi) is 8.04. The van der Waals surface area contributed by atoms with Crippen molar-refractivity contribution in [3.8, 4) is 5.75 Å². The van der Waals surface area contributed by atoms with Crippen molar-refractivity contribution in [2.45, 2.75) is 26.8 Å². The van der Waals surface area contributed by atoms with E-state index in [-0.39, 0.29) is 0 Å². The smallest absolute Gasteiger partial charge is 0.191 e. The van der Waals surface area contributed by atoms with Crippen molar-refractivity contribution < 1.29 is 4.74 Å². The molecule has 0 atom stereocenters. The van der Waals surface area contributed by atoms with Crippen LogP contribution in [0.5, 0.6) is 5.75 Å². The standard InChI is InChI=1S/C17H25ClN6O/c1-3-16-23-22-13-24(16)10-8-20-17(19-4-2)21-9-11-25-15-7-5-6-14(18)12-15/h5-7,12-13H,3-4,8-11H2,1-2H3,(H2,19,20,21). The first-order valence-corrected chi connectivity index (χ1v) is 8.88. The monoisotopic (exact) mass is 364 g/mol. The molecule has 0 radical (unpaired) electrons. The van der Waals surface area contributed by atoms with Gasteiger partial charge in [-0.1, -0.05) is 24.6 Å². The van der Waals surface area contributed by atoms with Gasteiger partial charge in [0.1, 0.15) is 24.5 Å². The molecular formula is C17H25ClN6O. The Balaban J connectivity index is 1.75. The molecular weight excluding hydrogens is 340 g/mol. The SMILES string of the molecule is CCNC(=NCCn1cnnc1CC)NCCOc1cccc(Cl)c1. The number of benzene rings is 1. The summed E-state index contributed by atoms with van der Waals surface area (Å²) in [6, 6.07) is 7.37. The van der Waals surface area contributed by atoms with Gasteiger partial charge in [-0.3, -0.25) is 4.99 Å². The summed E-state index contributed by atoms with van der Waals surface area (Å²) in [7, 11) is 0. The van der Waals surface area contributed by atoms with Crippen molar-refractivity contribution in [3.05, 3.63) is 41.4 Å². The van der Waals surface area contributed by atoms with Gasteiger partial charge in [0.25, 0.3) is 0 Å². The summed E-state index contributed by atoms with van der Waals surface area (Å²) in [6.07, 6.45) is 2.61. The van der Waals surface area contributed by atoms with E-state index in [2.05, 4.69) is 32.7 Å².